The van der Waals surface area contributed by atoms with Crippen molar-refractivity contribution in [3.63, 3.8) is 0 Å². The number of nitrogens with zero attached hydrogens (tertiary/aromatic N) is 1. The highest BCUT2D eigenvalue weighted by atomic mass is 32.1. The molecule has 0 bridgehead atoms. The Kier molecular flexibility index (Phi) is 14.1. The SMILES string of the molecule is [C-]#[N+]/C(=C/c1sc(-c2cc(CCCCCC)c(-c3cc(CCCCCC)c(-c4ccc(C=C(c5ccccc5)c5ccccc5)cc4)s3)s2)c2c1OCCO2)C(=O)O. The lowest BCUT2D eigenvalue weighted by atomic mass is 9.95. The number of ether oxygens (including phenoxy) is 2. The monoisotopic (exact) mass is 823 g/mol. The van der Waals surface area contributed by atoms with E-state index in [4.69, 9.17) is 16.0 Å². The first-order valence-electron chi connectivity index (χ1n) is 20.4. The van der Waals surface area contributed by atoms with E-state index >= 15 is 0 Å². The maximum absolute atomic E-state index is 11.8. The van der Waals surface area contributed by atoms with Gasteiger partial charge >= 0.3 is 5.97 Å². The molecule has 0 spiro atoms. The number of aliphatic carboxylic acids is 1. The van der Waals surface area contributed by atoms with E-state index in [1.807, 2.05) is 11.3 Å². The van der Waals surface area contributed by atoms with Crippen molar-refractivity contribution in [3.8, 4) is 41.4 Å². The highest BCUT2D eigenvalue weighted by Gasteiger charge is 2.28. The molecular weight excluding hydrogens is 775 g/mol. The molecule has 5 nitrogen and oxygen atoms in total. The normalized spacial score (nSPS) is 12.3. The van der Waals surface area contributed by atoms with E-state index in [2.05, 4.69) is 122 Å². The fraction of sp³-hybridized carbons (Fsp3) is 0.280. The van der Waals surface area contributed by atoms with Crippen molar-refractivity contribution < 1.29 is 19.4 Å². The number of fused-ring (bicyclic) bond motifs is 1. The molecule has 58 heavy (non-hydrogen) atoms. The van der Waals surface area contributed by atoms with Crippen molar-refractivity contribution >= 4 is 57.7 Å². The number of hydrogen-bond acceptors (Lipinski definition) is 6. The molecule has 6 aromatic rings. The standard InChI is InChI=1S/C50H49NO4S3/c1-4-6-8-12-22-38-31-43(57-47(38)37-26-24-34(25-27-37)30-40(35-18-14-10-15-19-35)36-20-16-11-17-21-36)48-39(23-13-9-7-5-2)32-44(58-48)49-46-45(54-28-29-55-46)42(56-49)33-41(51-3)50(52)53/h10-11,14-21,24-27,30-33H,4-9,12-13,22-23,28-29H2,1-2H3,(H,52,53)/b41-33+. The number of thiophene rings is 3. The molecular formula is C50H49NO4S3. The van der Waals surface area contributed by atoms with Gasteiger partial charge in [0.25, 0.3) is 5.70 Å². The topological polar surface area (TPSA) is 60.1 Å². The van der Waals surface area contributed by atoms with E-state index in [0.717, 1.165) is 41.0 Å². The minimum atomic E-state index is -1.25. The summed E-state index contributed by atoms with van der Waals surface area (Å²) in [5.41, 5.74) is 8.38. The number of unbranched alkanes of at least 4 members (excludes halogenated alkanes) is 6. The predicted octanol–water partition coefficient (Wildman–Crippen LogP) is 14.8. The summed E-state index contributed by atoms with van der Waals surface area (Å²) in [6, 6.07) is 35.0. The van der Waals surface area contributed by atoms with Crippen LogP contribution < -0.4 is 9.47 Å². The molecule has 0 aliphatic carbocycles. The van der Waals surface area contributed by atoms with Crippen LogP contribution in [0.15, 0.2) is 103 Å². The Hall–Kier alpha value is -5.20. The van der Waals surface area contributed by atoms with Gasteiger partial charge in [-0.05, 0) is 88.9 Å². The smallest absolute Gasteiger partial charge is 0.333 e. The van der Waals surface area contributed by atoms with Gasteiger partial charge in [-0.25, -0.2) is 4.85 Å². The van der Waals surface area contributed by atoms with Gasteiger partial charge in [-0.2, -0.15) is 0 Å². The minimum Gasteiger partial charge on any atom is -0.486 e. The Bertz CT molecular complexity index is 2370. The van der Waals surface area contributed by atoms with E-state index in [-0.39, 0.29) is 5.70 Å². The Balaban J connectivity index is 1.28. The Labute approximate surface area is 354 Å². The predicted molar refractivity (Wildman–Crippen MR) is 245 cm³/mol. The molecule has 8 heteroatoms. The highest BCUT2D eigenvalue weighted by Crippen LogP contribution is 2.54. The Morgan fingerprint density at radius 3 is 1.79 bits per heavy atom. The molecule has 7 rings (SSSR count). The fourth-order valence-electron chi connectivity index (χ4n) is 7.35. The number of benzene rings is 3. The number of carbonyl (C=O) groups is 1. The highest BCUT2D eigenvalue weighted by molar-refractivity contribution is 7.27. The van der Waals surface area contributed by atoms with Crippen LogP contribution in [-0.2, 0) is 17.6 Å². The van der Waals surface area contributed by atoms with Gasteiger partial charge in [0.2, 0.25) is 0 Å². The van der Waals surface area contributed by atoms with E-state index in [0.29, 0.717) is 29.6 Å². The van der Waals surface area contributed by atoms with E-state index in [9.17, 15) is 9.90 Å². The average molecular weight is 824 g/mol. The first-order chi connectivity index (χ1) is 28.5. The van der Waals surface area contributed by atoms with Crippen molar-refractivity contribution in [3.05, 3.63) is 147 Å². The summed E-state index contributed by atoms with van der Waals surface area (Å²) in [6.45, 7) is 12.7. The maximum Gasteiger partial charge on any atom is 0.333 e. The quantitative estimate of drug-likeness (QED) is 0.0406. The van der Waals surface area contributed by atoms with Gasteiger partial charge in [-0.1, -0.05) is 137 Å². The molecule has 0 amide bonds. The van der Waals surface area contributed by atoms with Crippen LogP contribution in [0.25, 0.3) is 52.5 Å². The van der Waals surface area contributed by atoms with Gasteiger partial charge < -0.3 is 14.6 Å². The van der Waals surface area contributed by atoms with Crippen molar-refractivity contribution in [2.24, 2.45) is 0 Å². The van der Waals surface area contributed by atoms with Gasteiger partial charge in [0.1, 0.15) is 13.2 Å². The zero-order chi connectivity index (χ0) is 40.3. The van der Waals surface area contributed by atoms with Crippen LogP contribution in [0.4, 0.5) is 0 Å². The third kappa shape index (κ3) is 9.73. The van der Waals surface area contributed by atoms with Crippen LogP contribution in [0.1, 0.15) is 97.9 Å². The number of hydrogen-bond donors (Lipinski definition) is 1. The second-order valence-electron chi connectivity index (χ2n) is 14.6. The summed E-state index contributed by atoms with van der Waals surface area (Å²) < 4.78 is 12.2. The Morgan fingerprint density at radius 1 is 0.672 bits per heavy atom. The summed E-state index contributed by atoms with van der Waals surface area (Å²) >= 11 is 5.11. The maximum atomic E-state index is 11.8. The first kappa shape index (κ1) is 41.0. The van der Waals surface area contributed by atoms with Crippen LogP contribution in [0.5, 0.6) is 11.5 Å². The molecule has 0 unspecified atom stereocenters. The largest absolute Gasteiger partial charge is 0.486 e. The van der Waals surface area contributed by atoms with Crippen LogP contribution >= 0.6 is 34.0 Å². The molecule has 3 aromatic heterocycles. The second-order valence-corrected chi connectivity index (χ2v) is 17.7. The zero-order valence-electron chi connectivity index (χ0n) is 33.2. The summed E-state index contributed by atoms with van der Waals surface area (Å²) in [4.78, 5) is 21.5. The first-order valence-corrected chi connectivity index (χ1v) is 22.9. The lowest BCUT2D eigenvalue weighted by molar-refractivity contribution is -0.132. The van der Waals surface area contributed by atoms with Crippen molar-refractivity contribution in [1.29, 1.82) is 0 Å². The van der Waals surface area contributed by atoms with Crippen molar-refractivity contribution in [2.75, 3.05) is 13.2 Å². The van der Waals surface area contributed by atoms with Gasteiger partial charge in [0, 0.05) is 19.5 Å². The number of rotatable bonds is 18. The van der Waals surface area contributed by atoms with Crippen molar-refractivity contribution in [2.45, 2.75) is 78.1 Å². The average Bonchev–Trinajstić information content (AvgIpc) is 3.98. The lowest BCUT2D eigenvalue weighted by Gasteiger charge is -2.16. The van der Waals surface area contributed by atoms with E-state index in [1.54, 1.807) is 11.3 Å². The van der Waals surface area contributed by atoms with E-state index in [1.165, 1.54) is 104 Å². The van der Waals surface area contributed by atoms with Crippen LogP contribution in [0.3, 0.4) is 0 Å². The molecule has 1 aliphatic rings. The third-order valence-corrected chi connectivity index (χ3v) is 14.2. The number of carboxylic acid groups (broad SMARTS) is 1. The molecule has 4 heterocycles. The van der Waals surface area contributed by atoms with Crippen LogP contribution in [0.2, 0.25) is 0 Å². The van der Waals surface area contributed by atoms with Crippen molar-refractivity contribution in [1.82, 2.24) is 0 Å². The molecule has 0 atom stereocenters. The molecule has 0 fully saturated rings. The third-order valence-electron chi connectivity index (χ3n) is 10.4. The van der Waals surface area contributed by atoms with Gasteiger partial charge in [-0.3, -0.25) is 4.79 Å². The lowest BCUT2D eigenvalue weighted by Crippen LogP contribution is -2.14. The zero-order valence-corrected chi connectivity index (χ0v) is 35.7. The number of carboxylic acids is 1. The van der Waals surface area contributed by atoms with Gasteiger partial charge in [0.15, 0.2) is 11.5 Å². The number of aryl methyl sites for hydroxylation is 2. The van der Waals surface area contributed by atoms with Crippen LogP contribution in [-0.4, -0.2) is 24.3 Å². The molecule has 0 saturated carbocycles. The van der Waals surface area contributed by atoms with Crippen LogP contribution in [0, 0.1) is 6.57 Å². The molecule has 0 radical (unpaired) electrons. The Morgan fingerprint density at radius 2 is 1.22 bits per heavy atom. The van der Waals surface area contributed by atoms with E-state index < -0.39 is 5.97 Å². The summed E-state index contributed by atoms with van der Waals surface area (Å²) in [7, 11) is 0. The molecule has 3 aromatic carbocycles. The summed E-state index contributed by atoms with van der Waals surface area (Å²) in [5, 5.41) is 9.62. The molecule has 296 valence electrons. The fourth-order valence-corrected chi connectivity index (χ4v) is 11.1. The molecule has 1 aliphatic heterocycles. The minimum absolute atomic E-state index is 0.345. The van der Waals surface area contributed by atoms with Gasteiger partial charge in [-0.15, -0.1) is 34.0 Å². The summed E-state index contributed by atoms with van der Waals surface area (Å²) in [6.07, 6.45) is 15.3. The van der Waals surface area contributed by atoms with Gasteiger partial charge in [0.05, 0.1) is 16.3 Å². The summed E-state index contributed by atoms with van der Waals surface area (Å²) in [5.74, 6) is -0.0842. The molecule has 1 N–H and O–H groups in total. The second kappa shape index (κ2) is 20.0. The molecule has 0 saturated heterocycles.